The van der Waals surface area contributed by atoms with Crippen LogP contribution in [0.25, 0.3) is 0 Å². The van der Waals surface area contributed by atoms with Crippen molar-refractivity contribution in [3.63, 3.8) is 0 Å². The fourth-order valence-electron chi connectivity index (χ4n) is 2.33. The van der Waals surface area contributed by atoms with Gasteiger partial charge in [-0.25, -0.2) is 10.2 Å². The molecule has 0 aliphatic carbocycles. The Morgan fingerprint density at radius 1 is 1.28 bits per heavy atom. The number of imide groups is 1. The molecular weight excluding hydrogens is 322 g/mol. The van der Waals surface area contributed by atoms with Gasteiger partial charge >= 0.3 is 6.03 Å². The van der Waals surface area contributed by atoms with Gasteiger partial charge < -0.3 is 10.2 Å². The summed E-state index contributed by atoms with van der Waals surface area (Å²) in [5.41, 5.74) is 3.38. The summed E-state index contributed by atoms with van der Waals surface area (Å²) in [6, 6.07) is 7.19. The molecule has 0 radical (unpaired) electrons. The minimum Gasteiger partial charge on any atom is -0.378 e. The third-order valence-electron chi connectivity index (χ3n) is 3.82. The lowest BCUT2D eigenvalue weighted by Crippen LogP contribution is -2.40. The van der Waals surface area contributed by atoms with E-state index in [-0.39, 0.29) is 24.8 Å². The lowest BCUT2D eigenvalue weighted by atomic mass is 10.1. The second-order valence-electron chi connectivity index (χ2n) is 6.54. The van der Waals surface area contributed by atoms with Gasteiger partial charge in [-0.15, -0.1) is 0 Å². The zero-order chi connectivity index (χ0) is 18.6. The fraction of sp³-hybridized carbons (Fsp3) is 0.412. The van der Waals surface area contributed by atoms with Crippen molar-refractivity contribution in [2.75, 3.05) is 25.5 Å². The zero-order valence-electron chi connectivity index (χ0n) is 14.9. The molecule has 1 aliphatic rings. The Bertz CT molecular complexity index is 695. The molecule has 1 saturated heterocycles. The van der Waals surface area contributed by atoms with Crippen LogP contribution < -0.4 is 15.6 Å². The van der Waals surface area contributed by atoms with E-state index in [1.807, 2.05) is 43.3 Å². The summed E-state index contributed by atoms with van der Waals surface area (Å²) >= 11 is 0. The highest BCUT2D eigenvalue weighted by molar-refractivity contribution is 6.06. The molecule has 1 fully saturated rings. The number of nitrogens with zero attached hydrogens (tertiary/aromatic N) is 3. The van der Waals surface area contributed by atoms with E-state index < -0.39 is 11.6 Å². The molecule has 0 atom stereocenters. The highest BCUT2D eigenvalue weighted by Gasteiger charge is 2.43. The van der Waals surface area contributed by atoms with Gasteiger partial charge in [0.1, 0.15) is 5.54 Å². The van der Waals surface area contributed by atoms with E-state index in [9.17, 15) is 14.4 Å². The first kappa shape index (κ1) is 18.4. The van der Waals surface area contributed by atoms with Crippen LogP contribution in [0, 0.1) is 0 Å². The van der Waals surface area contributed by atoms with Gasteiger partial charge in [0.05, 0.1) is 6.21 Å². The van der Waals surface area contributed by atoms with Crippen LogP contribution >= 0.6 is 0 Å². The first-order valence-electron chi connectivity index (χ1n) is 7.94. The monoisotopic (exact) mass is 345 g/mol. The van der Waals surface area contributed by atoms with E-state index in [0.29, 0.717) is 0 Å². The largest absolute Gasteiger partial charge is 0.378 e. The maximum absolute atomic E-state index is 12.0. The molecule has 2 N–H and O–H groups in total. The predicted octanol–water partition coefficient (Wildman–Crippen LogP) is 0.923. The number of carbonyl (C=O) groups is 3. The minimum absolute atomic E-state index is 0.00779. The molecular formula is C17H23N5O3. The Morgan fingerprint density at radius 2 is 1.92 bits per heavy atom. The molecule has 2 rings (SSSR count). The number of rotatable bonds is 6. The van der Waals surface area contributed by atoms with Crippen molar-refractivity contribution in [3.05, 3.63) is 29.8 Å². The van der Waals surface area contributed by atoms with Gasteiger partial charge in [-0.05, 0) is 31.5 Å². The second kappa shape index (κ2) is 7.33. The van der Waals surface area contributed by atoms with Crippen LogP contribution in [0.1, 0.15) is 25.8 Å². The van der Waals surface area contributed by atoms with Crippen LogP contribution in [0.5, 0.6) is 0 Å². The summed E-state index contributed by atoms with van der Waals surface area (Å²) < 4.78 is 0. The molecule has 8 nitrogen and oxygen atoms in total. The zero-order valence-corrected chi connectivity index (χ0v) is 14.9. The molecule has 0 aromatic heterocycles. The lowest BCUT2D eigenvalue weighted by Gasteiger charge is -2.15. The van der Waals surface area contributed by atoms with Crippen LogP contribution in [-0.4, -0.2) is 55.1 Å². The number of nitrogens with one attached hydrogen (secondary N) is 2. The Labute approximate surface area is 146 Å². The van der Waals surface area contributed by atoms with Crippen molar-refractivity contribution in [1.82, 2.24) is 15.6 Å². The van der Waals surface area contributed by atoms with Crippen LogP contribution in [0.4, 0.5) is 10.5 Å². The first-order valence-corrected chi connectivity index (χ1v) is 7.94. The van der Waals surface area contributed by atoms with Gasteiger partial charge in [-0.1, -0.05) is 12.1 Å². The van der Waals surface area contributed by atoms with Crippen LogP contribution in [0.3, 0.4) is 0 Å². The molecule has 0 unspecified atom stereocenters. The van der Waals surface area contributed by atoms with Gasteiger partial charge in [0.15, 0.2) is 0 Å². The normalized spacial score (nSPS) is 16.2. The number of carbonyl (C=O) groups excluding carboxylic acids is 3. The van der Waals surface area contributed by atoms with Crippen LogP contribution in [0.15, 0.2) is 29.4 Å². The SMILES string of the molecule is CN(C)c1ccc(/C=N\NC(=O)CCN2C(=O)NC(C)(C)C2=O)cc1. The maximum Gasteiger partial charge on any atom is 0.325 e. The average Bonchev–Trinajstić information content (AvgIpc) is 2.74. The Balaban J connectivity index is 1.81. The number of amides is 4. The van der Waals surface area contributed by atoms with Crippen molar-refractivity contribution in [1.29, 1.82) is 0 Å². The molecule has 0 bridgehead atoms. The highest BCUT2D eigenvalue weighted by atomic mass is 16.2. The van der Waals surface area contributed by atoms with E-state index in [2.05, 4.69) is 15.8 Å². The Morgan fingerprint density at radius 3 is 2.44 bits per heavy atom. The summed E-state index contributed by atoms with van der Waals surface area (Å²) in [5, 5.41) is 6.45. The van der Waals surface area contributed by atoms with Crippen molar-refractivity contribution in [3.8, 4) is 0 Å². The standard InChI is InChI=1S/C17H23N5O3/c1-17(2)15(24)22(16(25)19-17)10-9-14(23)20-18-11-12-5-7-13(8-6-12)21(3)4/h5-8,11H,9-10H2,1-4H3,(H,19,25)(H,20,23)/b18-11-. The molecule has 0 spiro atoms. The molecule has 1 aliphatic heterocycles. The Hall–Kier alpha value is -2.90. The number of hydrazone groups is 1. The fourth-order valence-corrected chi connectivity index (χ4v) is 2.33. The average molecular weight is 345 g/mol. The quantitative estimate of drug-likeness (QED) is 0.455. The molecule has 1 aromatic carbocycles. The van der Waals surface area contributed by atoms with Crippen LogP contribution in [-0.2, 0) is 9.59 Å². The third kappa shape index (κ3) is 4.56. The summed E-state index contributed by atoms with van der Waals surface area (Å²) in [6.45, 7) is 3.27. The second-order valence-corrected chi connectivity index (χ2v) is 6.54. The molecule has 4 amide bonds. The number of hydrogen-bond acceptors (Lipinski definition) is 5. The lowest BCUT2D eigenvalue weighted by molar-refractivity contribution is -0.130. The van der Waals surface area contributed by atoms with E-state index in [4.69, 9.17) is 0 Å². The van der Waals surface area contributed by atoms with E-state index >= 15 is 0 Å². The minimum atomic E-state index is -0.926. The van der Waals surface area contributed by atoms with Gasteiger partial charge in [0.25, 0.3) is 5.91 Å². The van der Waals surface area contributed by atoms with Gasteiger partial charge in [-0.2, -0.15) is 5.10 Å². The molecule has 134 valence electrons. The number of anilines is 1. The molecule has 1 heterocycles. The third-order valence-corrected chi connectivity index (χ3v) is 3.82. The molecule has 8 heteroatoms. The smallest absolute Gasteiger partial charge is 0.325 e. The first-order chi connectivity index (χ1) is 11.7. The maximum atomic E-state index is 12.0. The van der Waals surface area contributed by atoms with Crippen LogP contribution in [0.2, 0.25) is 0 Å². The van der Waals surface area contributed by atoms with E-state index in [1.54, 1.807) is 13.8 Å². The van der Waals surface area contributed by atoms with E-state index in [0.717, 1.165) is 16.2 Å². The van der Waals surface area contributed by atoms with E-state index in [1.165, 1.54) is 6.21 Å². The summed E-state index contributed by atoms with van der Waals surface area (Å²) in [6.07, 6.45) is 1.53. The molecule has 0 saturated carbocycles. The topological polar surface area (TPSA) is 94.1 Å². The number of hydrogen-bond donors (Lipinski definition) is 2. The molecule has 1 aromatic rings. The highest BCUT2D eigenvalue weighted by Crippen LogP contribution is 2.16. The summed E-state index contributed by atoms with van der Waals surface area (Å²) in [5.74, 6) is -0.707. The summed E-state index contributed by atoms with van der Waals surface area (Å²) in [7, 11) is 3.91. The van der Waals surface area contributed by atoms with Crippen molar-refractivity contribution in [2.45, 2.75) is 25.8 Å². The van der Waals surface area contributed by atoms with Crippen molar-refractivity contribution in [2.24, 2.45) is 5.10 Å². The Kier molecular flexibility index (Phi) is 5.41. The van der Waals surface area contributed by atoms with Crippen molar-refractivity contribution < 1.29 is 14.4 Å². The number of benzene rings is 1. The molecule has 25 heavy (non-hydrogen) atoms. The van der Waals surface area contributed by atoms with Gasteiger partial charge in [-0.3, -0.25) is 14.5 Å². The summed E-state index contributed by atoms with van der Waals surface area (Å²) in [4.78, 5) is 38.6. The van der Waals surface area contributed by atoms with Crippen molar-refractivity contribution >= 4 is 29.7 Å². The van der Waals surface area contributed by atoms with Gasteiger partial charge in [0.2, 0.25) is 5.91 Å². The van der Waals surface area contributed by atoms with Gasteiger partial charge in [0, 0.05) is 32.7 Å². The number of urea groups is 1. The predicted molar refractivity (Wildman–Crippen MR) is 95.4 cm³/mol.